The molecule has 0 atom stereocenters. The van der Waals surface area contributed by atoms with Gasteiger partial charge in [0.2, 0.25) is 0 Å². The van der Waals surface area contributed by atoms with E-state index >= 15 is 0 Å². The van der Waals surface area contributed by atoms with E-state index in [9.17, 15) is 0 Å². The average Bonchev–Trinajstić information content (AvgIpc) is 3.33. The molecule has 0 unspecified atom stereocenters. The summed E-state index contributed by atoms with van der Waals surface area (Å²) >= 11 is 0. The lowest BCUT2D eigenvalue weighted by Gasteiger charge is -2.30. The maximum absolute atomic E-state index is 5.08. The lowest BCUT2D eigenvalue weighted by Crippen LogP contribution is -2.23. The zero-order chi connectivity index (χ0) is 25.9. The first-order valence-electron chi connectivity index (χ1n) is 13.6. The van der Waals surface area contributed by atoms with Crippen LogP contribution in [0, 0.1) is 0 Å². The Balaban J connectivity index is 2.07. The quantitative estimate of drug-likeness (QED) is 0.234. The van der Waals surface area contributed by atoms with Gasteiger partial charge >= 0.3 is 0 Å². The molecular formula is C34H42N2. The fourth-order valence-corrected chi connectivity index (χ4v) is 5.21. The van der Waals surface area contributed by atoms with Gasteiger partial charge in [0.25, 0.3) is 0 Å². The highest BCUT2D eigenvalue weighted by atomic mass is 15.1. The lowest BCUT2D eigenvalue weighted by molar-refractivity contribution is 0.439. The maximum atomic E-state index is 5.08. The van der Waals surface area contributed by atoms with Gasteiger partial charge in [-0.25, -0.2) is 4.98 Å². The summed E-state index contributed by atoms with van der Waals surface area (Å²) in [6.45, 7) is 16.3. The Bertz CT molecular complexity index is 1250. The largest absolute Gasteiger partial charge is 0.296 e. The smallest absolute Gasteiger partial charge is 0.144 e. The summed E-state index contributed by atoms with van der Waals surface area (Å²) in [7, 11) is 0. The minimum Gasteiger partial charge on any atom is -0.296 e. The van der Waals surface area contributed by atoms with Crippen molar-refractivity contribution in [3.05, 3.63) is 95.8 Å². The number of hydrogen-bond acceptors (Lipinski definition) is 1. The number of nitrogens with zero attached hydrogens (tertiary/aromatic N) is 2. The second-order valence-electron chi connectivity index (χ2n) is 11.3. The van der Waals surface area contributed by atoms with Crippen LogP contribution >= 0.6 is 0 Å². The molecule has 0 radical (unpaired) electrons. The van der Waals surface area contributed by atoms with Crippen molar-refractivity contribution >= 4 is 0 Å². The second kappa shape index (κ2) is 10.9. The van der Waals surface area contributed by atoms with Crippen molar-refractivity contribution in [2.75, 3.05) is 0 Å². The minimum absolute atomic E-state index is 0.0106. The van der Waals surface area contributed by atoms with Gasteiger partial charge in [0.05, 0.1) is 5.69 Å². The third-order valence-corrected chi connectivity index (χ3v) is 7.39. The van der Waals surface area contributed by atoms with Gasteiger partial charge in [-0.3, -0.25) is 4.57 Å². The van der Waals surface area contributed by atoms with Crippen LogP contribution in [0.4, 0.5) is 0 Å². The summed E-state index contributed by atoms with van der Waals surface area (Å²) < 4.78 is 2.50. The Labute approximate surface area is 218 Å². The molecule has 0 saturated carbocycles. The van der Waals surface area contributed by atoms with Crippen LogP contribution in [0.1, 0.15) is 96.4 Å². The number of hydrogen-bond donors (Lipinski definition) is 0. The summed E-state index contributed by atoms with van der Waals surface area (Å²) in [6.07, 6.45) is 5.68. The first-order valence-corrected chi connectivity index (χ1v) is 13.6. The van der Waals surface area contributed by atoms with E-state index in [1.165, 1.54) is 46.5 Å². The van der Waals surface area contributed by atoms with Crippen molar-refractivity contribution in [2.45, 2.75) is 85.0 Å². The van der Waals surface area contributed by atoms with Crippen LogP contribution in [-0.4, -0.2) is 9.55 Å². The van der Waals surface area contributed by atoms with E-state index in [-0.39, 0.29) is 5.41 Å². The predicted molar refractivity (Wildman–Crippen MR) is 155 cm³/mol. The zero-order valence-electron chi connectivity index (χ0n) is 23.2. The van der Waals surface area contributed by atoms with E-state index < -0.39 is 0 Å². The molecule has 1 heterocycles. The molecule has 0 saturated heterocycles. The second-order valence-corrected chi connectivity index (χ2v) is 11.3. The molecule has 3 aromatic carbocycles. The molecule has 0 fully saturated rings. The molecule has 0 amide bonds. The Morgan fingerprint density at radius 1 is 0.750 bits per heavy atom. The molecule has 36 heavy (non-hydrogen) atoms. The summed E-state index contributed by atoms with van der Waals surface area (Å²) in [5.41, 5.74) is 9.10. The summed E-state index contributed by atoms with van der Waals surface area (Å²) in [4.78, 5) is 5.08. The van der Waals surface area contributed by atoms with Gasteiger partial charge < -0.3 is 0 Å². The van der Waals surface area contributed by atoms with Crippen LogP contribution in [0.5, 0.6) is 0 Å². The van der Waals surface area contributed by atoms with Crippen LogP contribution in [0.3, 0.4) is 0 Å². The van der Waals surface area contributed by atoms with Crippen LogP contribution in [-0.2, 0) is 5.41 Å². The summed E-state index contributed by atoms with van der Waals surface area (Å²) in [5, 5.41) is 0. The SMILES string of the molecule is CCCCC(C)(C)c1cnc(-c2ccccc2)n1-c1c(C(C)C)cc(-c2ccccc2)cc1C(C)C. The molecule has 188 valence electrons. The Hall–Kier alpha value is -3.13. The normalized spacial score (nSPS) is 12.0. The molecule has 4 aromatic rings. The van der Waals surface area contributed by atoms with Gasteiger partial charge in [0.15, 0.2) is 0 Å². The van der Waals surface area contributed by atoms with Gasteiger partial charge in [0, 0.05) is 22.9 Å². The maximum Gasteiger partial charge on any atom is 0.144 e. The van der Waals surface area contributed by atoms with E-state index in [4.69, 9.17) is 4.98 Å². The van der Waals surface area contributed by atoms with E-state index in [1.54, 1.807) is 0 Å². The van der Waals surface area contributed by atoms with Crippen LogP contribution < -0.4 is 0 Å². The molecule has 0 spiro atoms. The Morgan fingerprint density at radius 2 is 1.28 bits per heavy atom. The highest BCUT2D eigenvalue weighted by Gasteiger charge is 2.30. The van der Waals surface area contributed by atoms with Gasteiger partial charge in [-0.05, 0) is 52.6 Å². The minimum atomic E-state index is 0.0106. The van der Waals surface area contributed by atoms with E-state index in [0.29, 0.717) is 11.8 Å². The lowest BCUT2D eigenvalue weighted by atomic mass is 9.83. The highest BCUT2D eigenvalue weighted by Crippen LogP contribution is 2.41. The molecule has 1 aromatic heterocycles. The van der Waals surface area contributed by atoms with Gasteiger partial charge in [-0.1, -0.05) is 122 Å². The van der Waals surface area contributed by atoms with Gasteiger partial charge in [0.1, 0.15) is 5.82 Å². The number of aromatic nitrogens is 2. The first-order chi connectivity index (χ1) is 17.2. The average molecular weight is 479 g/mol. The molecule has 2 nitrogen and oxygen atoms in total. The third kappa shape index (κ3) is 5.19. The first kappa shape index (κ1) is 25.9. The number of unbranched alkanes of at least 4 members (excludes halogenated alkanes) is 1. The highest BCUT2D eigenvalue weighted by molar-refractivity contribution is 5.72. The Morgan fingerprint density at radius 3 is 1.78 bits per heavy atom. The zero-order valence-corrected chi connectivity index (χ0v) is 23.2. The van der Waals surface area contributed by atoms with E-state index in [2.05, 4.69) is 132 Å². The molecule has 0 aliphatic carbocycles. The Kier molecular flexibility index (Phi) is 7.83. The van der Waals surface area contributed by atoms with Crippen LogP contribution in [0.25, 0.3) is 28.2 Å². The van der Waals surface area contributed by atoms with Crippen molar-refractivity contribution in [1.82, 2.24) is 9.55 Å². The van der Waals surface area contributed by atoms with Crippen molar-refractivity contribution < 1.29 is 0 Å². The van der Waals surface area contributed by atoms with Gasteiger partial charge in [-0.2, -0.15) is 0 Å². The van der Waals surface area contributed by atoms with Crippen molar-refractivity contribution in [3.8, 4) is 28.2 Å². The number of imidazole rings is 1. The monoisotopic (exact) mass is 478 g/mol. The molecule has 0 N–H and O–H groups in total. The van der Waals surface area contributed by atoms with E-state index in [1.807, 2.05) is 0 Å². The fourth-order valence-electron chi connectivity index (χ4n) is 5.21. The van der Waals surface area contributed by atoms with Crippen LogP contribution in [0.2, 0.25) is 0 Å². The van der Waals surface area contributed by atoms with Gasteiger partial charge in [-0.15, -0.1) is 0 Å². The number of rotatable bonds is 9. The van der Waals surface area contributed by atoms with Crippen molar-refractivity contribution in [3.63, 3.8) is 0 Å². The molecule has 0 bridgehead atoms. The van der Waals surface area contributed by atoms with E-state index in [0.717, 1.165) is 17.8 Å². The van der Waals surface area contributed by atoms with Crippen molar-refractivity contribution in [1.29, 1.82) is 0 Å². The van der Waals surface area contributed by atoms with Crippen LogP contribution in [0.15, 0.2) is 79.0 Å². The molecule has 0 aliphatic heterocycles. The van der Waals surface area contributed by atoms with Crippen molar-refractivity contribution in [2.24, 2.45) is 0 Å². The summed E-state index contributed by atoms with van der Waals surface area (Å²) in [5.74, 6) is 1.78. The standard InChI is InChI=1S/C34H42N2/c1-8-9-20-34(6,7)31-23-35-33(27-18-14-11-15-19-27)36(31)32-29(24(2)3)21-28(22-30(32)25(4)5)26-16-12-10-13-17-26/h10-19,21-25H,8-9,20H2,1-7H3. The topological polar surface area (TPSA) is 17.8 Å². The third-order valence-electron chi connectivity index (χ3n) is 7.39. The molecular weight excluding hydrogens is 436 g/mol. The summed E-state index contributed by atoms with van der Waals surface area (Å²) in [6, 6.07) is 26.3. The molecule has 4 rings (SSSR count). The number of benzene rings is 3. The fraction of sp³-hybridized carbons (Fsp3) is 0.382. The molecule has 2 heteroatoms. The predicted octanol–water partition coefficient (Wildman–Crippen LogP) is 9.92. The molecule has 0 aliphatic rings.